The zero-order valence-electron chi connectivity index (χ0n) is 20.2. The SMILES string of the molecule is COc1ccc([C@@]23CC[C@@H](N=C(NC#N)Nc4cccnc4OC)C[C@@H]2N(C)CC3)cc1OC. The monoisotopic (exact) mass is 464 g/mol. The molecular weight excluding hydrogens is 432 g/mol. The molecule has 1 aliphatic carbocycles. The van der Waals surface area contributed by atoms with E-state index in [2.05, 4.69) is 39.7 Å². The fourth-order valence-corrected chi connectivity index (χ4v) is 5.47. The Bertz CT molecular complexity index is 1080. The van der Waals surface area contributed by atoms with Gasteiger partial charge in [-0.05, 0) is 69.1 Å². The molecule has 0 bridgehead atoms. The molecule has 9 heteroatoms. The number of nitriles is 1. The lowest BCUT2D eigenvalue weighted by Crippen LogP contribution is -2.47. The van der Waals surface area contributed by atoms with Crippen LogP contribution in [0, 0.1) is 11.5 Å². The molecule has 4 rings (SSSR count). The number of hydrogen-bond donors (Lipinski definition) is 2. The maximum absolute atomic E-state index is 9.29. The number of likely N-dealkylation sites (N-methyl/N-ethyl adjacent to an activating group) is 1. The van der Waals surface area contributed by atoms with Crippen molar-refractivity contribution in [2.24, 2.45) is 4.99 Å². The molecule has 34 heavy (non-hydrogen) atoms. The zero-order chi connectivity index (χ0) is 24.1. The van der Waals surface area contributed by atoms with Gasteiger partial charge in [0.15, 0.2) is 17.7 Å². The maximum Gasteiger partial charge on any atom is 0.237 e. The number of benzene rings is 1. The van der Waals surface area contributed by atoms with E-state index in [4.69, 9.17) is 19.2 Å². The third-order valence-corrected chi connectivity index (χ3v) is 7.16. The number of methoxy groups -OCH3 is 3. The molecule has 1 aromatic carbocycles. The van der Waals surface area contributed by atoms with Crippen LogP contribution < -0.4 is 24.8 Å². The van der Waals surface area contributed by atoms with Crippen molar-refractivity contribution >= 4 is 11.6 Å². The van der Waals surface area contributed by atoms with Gasteiger partial charge in [0.25, 0.3) is 0 Å². The Balaban J connectivity index is 1.58. The second kappa shape index (κ2) is 10.2. The first-order valence-corrected chi connectivity index (χ1v) is 11.5. The van der Waals surface area contributed by atoms with Crippen LogP contribution in [0.3, 0.4) is 0 Å². The van der Waals surface area contributed by atoms with E-state index in [1.165, 1.54) is 5.56 Å². The van der Waals surface area contributed by atoms with Crippen LogP contribution in [0.4, 0.5) is 5.69 Å². The van der Waals surface area contributed by atoms with Crippen molar-refractivity contribution in [3.63, 3.8) is 0 Å². The van der Waals surface area contributed by atoms with E-state index in [1.54, 1.807) is 33.6 Å². The van der Waals surface area contributed by atoms with E-state index in [0.29, 0.717) is 23.6 Å². The van der Waals surface area contributed by atoms with Gasteiger partial charge in [-0.2, -0.15) is 5.26 Å². The number of nitrogens with one attached hydrogen (secondary N) is 2. The molecule has 0 radical (unpaired) electrons. The molecule has 2 heterocycles. The molecule has 0 amide bonds. The van der Waals surface area contributed by atoms with E-state index in [9.17, 15) is 5.26 Å². The van der Waals surface area contributed by atoms with Gasteiger partial charge in [-0.15, -0.1) is 0 Å². The van der Waals surface area contributed by atoms with Gasteiger partial charge in [-0.25, -0.2) is 9.98 Å². The first-order valence-electron chi connectivity index (χ1n) is 11.5. The minimum atomic E-state index is 0.0448. The van der Waals surface area contributed by atoms with E-state index < -0.39 is 0 Å². The summed E-state index contributed by atoms with van der Waals surface area (Å²) in [6.45, 7) is 1.03. The topological polar surface area (TPSA) is 104 Å². The van der Waals surface area contributed by atoms with Crippen molar-refractivity contribution in [3.05, 3.63) is 42.1 Å². The Kier molecular flexibility index (Phi) is 7.08. The van der Waals surface area contributed by atoms with Gasteiger partial charge < -0.3 is 24.4 Å². The predicted octanol–water partition coefficient (Wildman–Crippen LogP) is 3.14. The van der Waals surface area contributed by atoms with Gasteiger partial charge in [0, 0.05) is 17.7 Å². The maximum atomic E-state index is 9.29. The van der Waals surface area contributed by atoms with Gasteiger partial charge in [-0.3, -0.25) is 5.32 Å². The molecule has 2 aliphatic rings. The third kappa shape index (κ3) is 4.46. The summed E-state index contributed by atoms with van der Waals surface area (Å²) in [6.07, 6.45) is 7.55. The molecule has 0 unspecified atom stereocenters. The molecule has 2 N–H and O–H groups in total. The van der Waals surface area contributed by atoms with E-state index in [-0.39, 0.29) is 11.5 Å². The molecule has 1 saturated heterocycles. The van der Waals surface area contributed by atoms with Gasteiger partial charge >= 0.3 is 0 Å². The lowest BCUT2D eigenvalue weighted by atomic mass is 9.65. The highest BCUT2D eigenvalue weighted by Crippen LogP contribution is 2.50. The molecule has 2 aromatic rings. The second-order valence-electron chi connectivity index (χ2n) is 8.80. The Labute approximate surface area is 200 Å². The van der Waals surface area contributed by atoms with Crippen molar-refractivity contribution in [1.82, 2.24) is 15.2 Å². The fraction of sp³-hybridized carbons (Fsp3) is 0.480. The molecule has 2 fully saturated rings. The van der Waals surface area contributed by atoms with Gasteiger partial charge in [-0.1, -0.05) is 6.07 Å². The second-order valence-corrected chi connectivity index (χ2v) is 8.80. The van der Waals surface area contributed by atoms with Crippen molar-refractivity contribution in [2.45, 2.75) is 43.2 Å². The number of guanidine groups is 1. The average Bonchev–Trinajstić information content (AvgIpc) is 3.21. The number of ether oxygens (including phenoxy) is 3. The largest absolute Gasteiger partial charge is 0.493 e. The first-order chi connectivity index (χ1) is 16.5. The van der Waals surface area contributed by atoms with Crippen LogP contribution in [0.5, 0.6) is 17.4 Å². The number of nitrogens with zero attached hydrogens (tertiary/aromatic N) is 4. The molecular formula is C25H32N6O3. The van der Waals surface area contributed by atoms with Gasteiger partial charge in [0.2, 0.25) is 11.8 Å². The normalized spacial score (nSPS) is 24.6. The highest BCUT2D eigenvalue weighted by atomic mass is 16.5. The number of rotatable bonds is 6. The van der Waals surface area contributed by atoms with Crippen molar-refractivity contribution in [2.75, 3.05) is 40.2 Å². The van der Waals surface area contributed by atoms with Crippen molar-refractivity contribution in [3.8, 4) is 23.6 Å². The van der Waals surface area contributed by atoms with Crippen LogP contribution in [0.15, 0.2) is 41.5 Å². The highest BCUT2D eigenvalue weighted by Gasteiger charge is 2.50. The molecule has 9 nitrogen and oxygen atoms in total. The number of anilines is 1. The summed E-state index contributed by atoms with van der Waals surface area (Å²) in [5.74, 6) is 2.35. The quantitative estimate of drug-likeness (QED) is 0.291. The van der Waals surface area contributed by atoms with E-state index in [0.717, 1.165) is 43.7 Å². The highest BCUT2D eigenvalue weighted by molar-refractivity contribution is 5.95. The lowest BCUT2D eigenvalue weighted by molar-refractivity contribution is 0.168. The number of likely N-dealkylation sites (tertiary alicyclic amines) is 1. The summed E-state index contributed by atoms with van der Waals surface area (Å²) in [4.78, 5) is 11.5. The standard InChI is InChI=1S/C25H32N6O3/c1-31-13-11-25(17-7-8-20(32-2)21(14-17)33-3)10-9-18(15-22(25)31)29-24(28-16-26)30-19-6-5-12-27-23(19)34-4/h5-8,12,14,18,22H,9-11,13,15H2,1-4H3,(H2,28,29,30)/t18-,22+,25+/m1/s1. The van der Waals surface area contributed by atoms with E-state index in [1.807, 2.05) is 18.3 Å². The minimum Gasteiger partial charge on any atom is -0.493 e. The molecule has 0 spiro atoms. The summed E-state index contributed by atoms with van der Waals surface area (Å²) >= 11 is 0. The molecule has 180 valence electrons. The third-order valence-electron chi connectivity index (χ3n) is 7.16. The summed E-state index contributed by atoms with van der Waals surface area (Å²) < 4.78 is 16.4. The number of fused-ring (bicyclic) bond motifs is 1. The fourth-order valence-electron chi connectivity index (χ4n) is 5.47. The Morgan fingerprint density at radius 2 is 2.00 bits per heavy atom. The van der Waals surface area contributed by atoms with Crippen molar-refractivity contribution < 1.29 is 14.2 Å². The molecule has 1 aromatic heterocycles. The summed E-state index contributed by atoms with van der Waals surface area (Å²) in [6, 6.07) is 10.4. The van der Waals surface area contributed by atoms with Crippen LogP contribution in [-0.2, 0) is 5.41 Å². The first kappa shape index (κ1) is 23.6. The number of pyridine rings is 1. The van der Waals surface area contributed by atoms with Crippen LogP contribution in [0.2, 0.25) is 0 Å². The molecule has 3 atom stereocenters. The lowest BCUT2D eigenvalue weighted by Gasteiger charge is -2.44. The van der Waals surface area contributed by atoms with Gasteiger partial charge in [0.1, 0.15) is 5.69 Å². The van der Waals surface area contributed by atoms with Crippen LogP contribution in [0.1, 0.15) is 31.2 Å². The Hall–Kier alpha value is -3.51. The van der Waals surface area contributed by atoms with Crippen LogP contribution in [-0.4, -0.2) is 62.8 Å². The summed E-state index contributed by atoms with van der Waals surface area (Å²) in [7, 11) is 7.09. The number of aromatic nitrogens is 1. The predicted molar refractivity (Wildman–Crippen MR) is 130 cm³/mol. The Morgan fingerprint density at radius 1 is 1.18 bits per heavy atom. The van der Waals surface area contributed by atoms with Crippen LogP contribution >= 0.6 is 0 Å². The molecule has 1 aliphatic heterocycles. The van der Waals surface area contributed by atoms with E-state index >= 15 is 0 Å². The number of hydrogen-bond acceptors (Lipinski definition) is 7. The summed E-state index contributed by atoms with van der Waals surface area (Å²) in [5, 5.41) is 15.1. The van der Waals surface area contributed by atoms with Crippen LogP contribution in [0.25, 0.3) is 0 Å². The zero-order valence-corrected chi connectivity index (χ0v) is 20.2. The smallest absolute Gasteiger partial charge is 0.237 e. The van der Waals surface area contributed by atoms with Crippen molar-refractivity contribution in [1.29, 1.82) is 5.26 Å². The molecule has 1 saturated carbocycles. The average molecular weight is 465 g/mol. The number of aliphatic imine (C=N–C) groups is 1. The Morgan fingerprint density at radius 3 is 2.74 bits per heavy atom. The summed E-state index contributed by atoms with van der Waals surface area (Å²) in [5.41, 5.74) is 1.99. The minimum absolute atomic E-state index is 0.0448. The van der Waals surface area contributed by atoms with Gasteiger partial charge in [0.05, 0.1) is 27.4 Å².